The first kappa shape index (κ1) is 8.62. The molecule has 0 radical (unpaired) electrons. The first-order valence-corrected chi connectivity index (χ1v) is 3.87. The fourth-order valence-electron chi connectivity index (χ4n) is 1.36. The zero-order valence-electron chi connectivity index (χ0n) is 7.24. The Labute approximate surface area is 67.0 Å². The van der Waals surface area contributed by atoms with E-state index in [9.17, 15) is 0 Å². The minimum absolute atomic E-state index is 0.155. The molecule has 0 aromatic rings. The number of ether oxygens (including phenoxy) is 1. The predicted molar refractivity (Wildman–Crippen MR) is 42.8 cm³/mol. The van der Waals surface area contributed by atoms with Gasteiger partial charge in [-0.1, -0.05) is 0 Å². The summed E-state index contributed by atoms with van der Waals surface area (Å²) in [6, 6.07) is 0.401. The predicted octanol–water partition coefficient (Wildman–Crippen LogP) is 0.444. The Morgan fingerprint density at radius 2 is 2.18 bits per heavy atom. The molecule has 4 nitrogen and oxygen atoms in total. The lowest BCUT2D eigenvalue weighted by Crippen LogP contribution is -2.36. The summed E-state index contributed by atoms with van der Waals surface area (Å²) in [5, 5.41) is 11.2. The summed E-state index contributed by atoms with van der Waals surface area (Å²) in [6.07, 6.45) is 0.155. The van der Waals surface area contributed by atoms with Gasteiger partial charge in [0.25, 0.3) is 0 Å². The lowest BCUT2D eigenvalue weighted by molar-refractivity contribution is 0.0809. The molecular formula is C7H15N3O. The first-order valence-electron chi connectivity index (χ1n) is 3.87. The zero-order chi connectivity index (χ0) is 8.27. The summed E-state index contributed by atoms with van der Waals surface area (Å²) in [7, 11) is 3.62. The van der Waals surface area contributed by atoms with Crippen LogP contribution in [-0.4, -0.2) is 38.9 Å². The zero-order valence-corrected chi connectivity index (χ0v) is 7.24. The van der Waals surface area contributed by atoms with Gasteiger partial charge in [-0.15, -0.1) is 0 Å². The van der Waals surface area contributed by atoms with Crippen molar-refractivity contribution in [2.75, 3.05) is 20.7 Å². The Morgan fingerprint density at radius 1 is 1.45 bits per heavy atom. The van der Waals surface area contributed by atoms with Crippen LogP contribution < -0.4 is 5.32 Å². The van der Waals surface area contributed by atoms with E-state index in [1.54, 1.807) is 7.11 Å². The summed E-state index contributed by atoms with van der Waals surface area (Å²) >= 11 is 0. The molecule has 1 N–H and O–H groups in total. The van der Waals surface area contributed by atoms with Crippen molar-refractivity contribution in [2.24, 2.45) is 10.2 Å². The van der Waals surface area contributed by atoms with Crippen molar-refractivity contribution in [1.29, 1.82) is 0 Å². The Bertz CT molecular complexity index is 149. The molecular weight excluding hydrogens is 142 g/mol. The molecule has 0 aromatic heterocycles. The summed E-state index contributed by atoms with van der Waals surface area (Å²) in [5.74, 6) is 0. The van der Waals surface area contributed by atoms with Gasteiger partial charge in [0, 0.05) is 13.7 Å². The maximum Gasteiger partial charge on any atom is 0.111 e. The lowest BCUT2D eigenvalue weighted by Gasteiger charge is -2.17. The van der Waals surface area contributed by atoms with E-state index < -0.39 is 0 Å². The van der Waals surface area contributed by atoms with Gasteiger partial charge in [-0.2, -0.15) is 10.2 Å². The molecule has 1 aliphatic rings. The summed E-state index contributed by atoms with van der Waals surface area (Å²) in [4.78, 5) is 0. The van der Waals surface area contributed by atoms with Crippen molar-refractivity contribution >= 4 is 0 Å². The molecule has 1 heterocycles. The van der Waals surface area contributed by atoms with Crippen molar-refractivity contribution in [2.45, 2.75) is 25.1 Å². The first-order chi connectivity index (χ1) is 5.29. The number of rotatable bonds is 3. The van der Waals surface area contributed by atoms with Crippen LogP contribution in [0.3, 0.4) is 0 Å². The topological polar surface area (TPSA) is 46.0 Å². The van der Waals surface area contributed by atoms with Crippen molar-refractivity contribution in [3.05, 3.63) is 0 Å². The van der Waals surface area contributed by atoms with Crippen LogP contribution in [-0.2, 0) is 4.74 Å². The van der Waals surface area contributed by atoms with Gasteiger partial charge in [0.2, 0.25) is 0 Å². The third-order valence-corrected chi connectivity index (χ3v) is 1.94. The third kappa shape index (κ3) is 1.75. The minimum Gasteiger partial charge on any atom is -0.377 e. The van der Waals surface area contributed by atoms with Crippen LogP contribution in [0.2, 0.25) is 0 Å². The third-order valence-electron chi connectivity index (χ3n) is 1.94. The number of nitrogens with zero attached hydrogens (tertiary/aromatic N) is 2. The van der Waals surface area contributed by atoms with E-state index >= 15 is 0 Å². The van der Waals surface area contributed by atoms with E-state index in [2.05, 4.69) is 15.5 Å². The second-order valence-corrected chi connectivity index (χ2v) is 2.80. The largest absolute Gasteiger partial charge is 0.377 e. The molecule has 0 aromatic carbocycles. The SMILES string of the molecule is CNCC1N=NC(C)C1OC. The highest BCUT2D eigenvalue weighted by Crippen LogP contribution is 2.18. The van der Waals surface area contributed by atoms with Gasteiger partial charge >= 0.3 is 0 Å². The van der Waals surface area contributed by atoms with E-state index in [1.807, 2.05) is 14.0 Å². The Hall–Kier alpha value is -0.480. The monoisotopic (exact) mass is 157 g/mol. The highest BCUT2D eigenvalue weighted by molar-refractivity contribution is 4.89. The maximum atomic E-state index is 5.26. The van der Waals surface area contributed by atoms with E-state index in [-0.39, 0.29) is 18.2 Å². The van der Waals surface area contributed by atoms with Crippen molar-refractivity contribution in [3.8, 4) is 0 Å². The quantitative estimate of drug-likeness (QED) is 0.646. The second-order valence-electron chi connectivity index (χ2n) is 2.80. The number of likely N-dealkylation sites (N-methyl/N-ethyl adjacent to an activating group) is 1. The normalized spacial score (nSPS) is 36.5. The van der Waals surface area contributed by atoms with Gasteiger partial charge in [0.1, 0.15) is 12.1 Å². The molecule has 0 saturated heterocycles. The van der Waals surface area contributed by atoms with Gasteiger partial charge in [0.05, 0.1) is 6.04 Å². The van der Waals surface area contributed by atoms with Crippen LogP contribution in [0.25, 0.3) is 0 Å². The van der Waals surface area contributed by atoms with E-state index in [0.29, 0.717) is 0 Å². The number of hydrogen-bond acceptors (Lipinski definition) is 4. The minimum atomic E-state index is 0.155. The van der Waals surface area contributed by atoms with E-state index in [0.717, 1.165) is 6.54 Å². The Kier molecular flexibility index (Phi) is 2.96. The lowest BCUT2D eigenvalue weighted by atomic mass is 10.1. The van der Waals surface area contributed by atoms with Gasteiger partial charge in [-0.05, 0) is 14.0 Å². The molecule has 1 rings (SSSR count). The number of methoxy groups -OCH3 is 1. The molecule has 3 atom stereocenters. The standard InChI is InChI=1S/C7H15N3O/c1-5-7(11-3)6(4-8-2)10-9-5/h5-8H,4H2,1-3H3. The van der Waals surface area contributed by atoms with Gasteiger partial charge < -0.3 is 10.1 Å². The summed E-state index contributed by atoms with van der Waals surface area (Å²) < 4.78 is 5.26. The van der Waals surface area contributed by atoms with Gasteiger partial charge in [0.15, 0.2) is 0 Å². The molecule has 3 unspecified atom stereocenters. The molecule has 0 amide bonds. The van der Waals surface area contributed by atoms with Crippen LogP contribution in [0, 0.1) is 0 Å². The summed E-state index contributed by atoms with van der Waals surface area (Å²) in [5.41, 5.74) is 0. The molecule has 0 spiro atoms. The highest BCUT2D eigenvalue weighted by atomic mass is 16.5. The average molecular weight is 157 g/mol. The summed E-state index contributed by atoms with van der Waals surface area (Å²) in [6.45, 7) is 2.86. The Morgan fingerprint density at radius 3 is 2.73 bits per heavy atom. The molecule has 64 valence electrons. The fraction of sp³-hybridized carbons (Fsp3) is 1.00. The fourth-order valence-corrected chi connectivity index (χ4v) is 1.36. The highest BCUT2D eigenvalue weighted by Gasteiger charge is 2.31. The van der Waals surface area contributed by atoms with Crippen LogP contribution in [0.4, 0.5) is 0 Å². The molecule has 0 bridgehead atoms. The molecule has 4 heteroatoms. The van der Waals surface area contributed by atoms with Crippen molar-refractivity contribution in [1.82, 2.24) is 5.32 Å². The van der Waals surface area contributed by atoms with Crippen LogP contribution in [0.15, 0.2) is 10.2 Å². The van der Waals surface area contributed by atoms with Crippen LogP contribution in [0.5, 0.6) is 0 Å². The van der Waals surface area contributed by atoms with E-state index in [4.69, 9.17) is 4.74 Å². The van der Waals surface area contributed by atoms with Gasteiger partial charge in [-0.3, -0.25) is 0 Å². The van der Waals surface area contributed by atoms with Crippen LogP contribution in [0.1, 0.15) is 6.92 Å². The van der Waals surface area contributed by atoms with E-state index in [1.165, 1.54) is 0 Å². The average Bonchev–Trinajstić information content (AvgIpc) is 2.33. The number of hydrogen-bond donors (Lipinski definition) is 1. The molecule has 0 saturated carbocycles. The van der Waals surface area contributed by atoms with Crippen molar-refractivity contribution in [3.63, 3.8) is 0 Å². The molecule has 1 aliphatic heterocycles. The maximum absolute atomic E-state index is 5.26. The smallest absolute Gasteiger partial charge is 0.111 e. The number of azo groups is 1. The molecule has 0 fully saturated rings. The molecule has 0 aliphatic carbocycles. The van der Waals surface area contributed by atoms with Crippen molar-refractivity contribution < 1.29 is 4.74 Å². The van der Waals surface area contributed by atoms with Gasteiger partial charge in [-0.25, -0.2) is 0 Å². The Balaban J connectivity index is 2.46. The second kappa shape index (κ2) is 3.78. The van der Waals surface area contributed by atoms with Crippen LogP contribution >= 0.6 is 0 Å². The number of nitrogens with one attached hydrogen (secondary N) is 1. The molecule has 11 heavy (non-hydrogen) atoms.